The third-order valence-electron chi connectivity index (χ3n) is 2.38. The highest BCUT2D eigenvalue weighted by molar-refractivity contribution is 7.92. The van der Waals surface area contributed by atoms with Crippen LogP contribution in [0, 0.1) is 10.1 Å². The number of nitrogens with two attached hydrogens (primary N) is 1. The number of aromatic nitrogens is 2. The highest BCUT2D eigenvalue weighted by atomic mass is 32.2. The van der Waals surface area contributed by atoms with E-state index in [0.29, 0.717) is 0 Å². The molecule has 0 spiro atoms. The number of nitrogen functional groups attached to an aromatic ring is 1. The van der Waals surface area contributed by atoms with E-state index in [4.69, 9.17) is 5.84 Å². The van der Waals surface area contributed by atoms with E-state index in [2.05, 4.69) is 20.1 Å². The SMILES string of the molecule is NNc1ncc(S(=O)(=O)Nc2cccc([N+](=O)[O-])c2)cn1. The first-order valence-corrected chi connectivity index (χ1v) is 6.96. The highest BCUT2D eigenvalue weighted by Gasteiger charge is 2.16. The number of benzene rings is 1. The quantitative estimate of drug-likeness (QED) is 0.409. The number of hydrazine groups is 1. The Morgan fingerprint density at radius 2 is 1.90 bits per heavy atom. The van der Waals surface area contributed by atoms with Gasteiger partial charge in [-0.25, -0.2) is 24.2 Å². The third kappa shape index (κ3) is 3.40. The molecule has 21 heavy (non-hydrogen) atoms. The summed E-state index contributed by atoms with van der Waals surface area (Å²) in [6.45, 7) is 0. The smallest absolute Gasteiger partial charge is 0.271 e. The lowest BCUT2D eigenvalue weighted by Gasteiger charge is -2.07. The summed E-state index contributed by atoms with van der Waals surface area (Å²) in [4.78, 5) is 17.2. The predicted molar refractivity (Wildman–Crippen MR) is 73.7 cm³/mol. The molecular formula is C10H10N6O4S. The van der Waals surface area contributed by atoms with E-state index >= 15 is 0 Å². The van der Waals surface area contributed by atoms with Gasteiger partial charge in [-0.15, -0.1) is 0 Å². The van der Waals surface area contributed by atoms with Gasteiger partial charge >= 0.3 is 0 Å². The summed E-state index contributed by atoms with van der Waals surface area (Å²) >= 11 is 0. The first-order valence-electron chi connectivity index (χ1n) is 5.48. The van der Waals surface area contributed by atoms with Crippen molar-refractivity contribution in [1.29, 1.82) is 0 Å². The second kappa shape index (κ2) is 5.68. The van der Waals surface area contributed by atoms with Crippen LogP contribution in [0.25, 0.3) is 0 Å². The van der Waals surface area contributed by atoms with Crippen LogP contribution in [0.3, 0.4) is 0 Å². The minimum absolute atomic E-state index is 0.0595. The van der Waals surface area contributed by atoms with Gasteiger partial charge in [-0.3, -0.25) is 20.3 Å². The van der Waals surface area contributed by atoms with Gasteiger partial charge in [0, 0.05) is 12.1 Å². The van der Waals surface area contributed by atoms with Gasteiger partial charge in [0.1, 0.15) is 4.90 Å². The van der Waals surface area contributed by atoms with E-state index in [1.54, 1.807) is 0 Å². The summed E-state index contributed by atoms with van der Waals surface area (Å²) in [5, 5.41) is 10.6. The number of nitrogens with zero attached hydrogens (tertiary/aromatic N) is 3. The minimum Gasteiger partial charge on any atom is -0.292 e. The zero-order valence-electron chi connectivity index (χ0n) is 10.4. The molecule has 4 N–H and O–H groups in total. The predicted octanol–water partition coefficient (Wildman–Crippen LogP) is 0.471. The maximum atomic E-state index is 12.1. The molecule has 1 heterocycles. The summed E-state index contributed by atoms with van der Waals surface area (Å²) in [6, 6.07) is 5.12. The minimum atomic E-state index is -3.95. The maximum Gasteiger partial charge on any atom is 0.271 e. The van der Waals surface area contributed by atoms with E-state index < -0.39 is 14.9 Å². The van der Waals surface area contributed by atoms with Gasteiger partial charge in [-0.1, -0.05) is 6.07 Å². The van der Waals surface area contributed by atoms with Crippen molar-refractivity contribution in [3.8, 4) is 0 Å². The zero-order valence-corrected chi connectivity index (χ0v) is 11.2. The summed E-state index contributed by atoms with van der Waals surface area (Å²) in [5.41, 5.74) is 2.00. The number of anilines is 2. The van der Waals surface area contributed by atoms with Crippen molar-refractivity contribution in [3.63, 3.8) is 0 Å². The average molecular weight is 310 g/mol. The monoisotopic (exact) mass is 310 g/mol. The molecule has 0 saturated heterocycles. The lowest BCUT2D eigenvalue weighted by molar-refractivity contribution is -0.384. The molecule has 0 aliphatic carbocycles. The average Bonchev–Trinajstić information content (AvgIpc) is 2.47. The molecule has 0 unspecified atom stereocenters. The number of sulfonamides is 1. The molecule has 0 saturated carbocycles. The van der Waals surface area contributed by atoms with Gasteiger partial charge in [0.2, 0.25) is 5.95 Å². The summed E-state index contributed by atoms with van der Waals surface area (Å²) in [6.07, 6.45) is 2.11. The van der Waals surface area contributed by atoms with E-state index in [1.165, 1.54) is 18.2 Å². The Labute approximate surface area is 119 Å². The molecule has 0 amide bonds. The number of nitro groups is 1. The normalized spacial score (nSPS) is 10.9. The number of non-ortho nitro benzene ring substituents is 1. The van der Waals surface area contributed by atoms with Crippen molar-refractivity contribution in [2.75, 3.05) is 10.1 Å². The lowest BCUT2D eigenvalue weighted by atomic mass is 10.3. The Bertz CT molecular complexity index is 761. The van der Waals surface area contributed by atoms with Gasteiger partial charge in [0.15, 0.2) is 0 Å². The van der Waals surface area contributed by atoms with Crippen LogP contribution in [0.15, 0.2) is 41.6 Å². The lowest BCUT2D eigenvalue weighted by Crippen LogP contribution is -2.15. The van der Waals surface area contributed by atoms with Crippen molar-refractivity contribution in [2.45, 2.75) is 4.90 Å². The van der Waals surface area contributed by atoms with Crippen molar-refractivity contribution < 1.29 is 13.3 Å². The number of rotatable bonds is 5. The number of nitro benzene ring substituents is 1. The molecule has 1 aromatic carbocycles. The van der Waals surface area contributed by atoms with Crippen LogP contribution >= 0.6 is 0 Å². The highest BCUT2D eigenvalue weighted by Crippen LogP contribution is 2.20. The molecule has 0 fully saturated rings. The first kappa shape index (κ1) is 14.6. The molecule has 0 bridgehead atoms. The zero-order chi connectivity index (χ0) is 15.5. The topological polar surface area (TPSA) is 153 Å². The fourth-order valence-electron chi connectivity index (χ4n) is 1.43. The third-order valence-corrected chi connectivity index (χ3v) is 3.71. The Balaban J connectivity index is 2.28. The molecular weight excluding hydrogens is 300 g/mol. The van der Waals surface area contributed by atoms with Crippen molar-refractivity contribution in [2.24, 2.45) is 5.84 Å². The Morgan fingerprint density at radius 1 is 1.24 bits per heavy atom. The molecule has 0 atom stereocenters. The van der Waals surface area contributed by atoms with E-state index in [9.17, 15) is 18.5 Å². The van der Waals surface area contributed by atoms with E-state index in [0.717, 1.165) is 18.5 Å². The Morgan fingerprint density at radius 3 is 2.48 bits per heavy atom. The van der Waals surface area contributed by atoms with Crippen LogP contribution in [-0.4, -0.2) is 23.3 Å². The molecule has 110 valence electrons. The number of hydrogen-bond acceptors (Lipinski definition) is 8. The van der Waals surface area contributed by atoms with Gasteiger partial charge < -0.3 is 0 Å². The van der Waals surface area contributed by atoms with Crippen molar-refractivity contribution in [1.82, 2.24) is 9.97 Å². The molecule has 0 radical (unpaired) electrons. The molecule has 11 heteroatoms. The Hall–Kier alpha value is -2.79. The van der Waals surface area contributed by atoms with Gasteiger partial charge in [0.05, 0.1) is 23.0 Å². The van der Waals surface area contributed by atoms with Crippen LogP contribution in [0.4, 0.5) is 17.3 Å². The first-order chi connectivity index (χ1) is 9.92. The Kier molecular flexibility index (Phi) is 3.95. The van der Waals surface area contributed by atoms with Crippen LogP contribution in [-0.2, 0) is 10.0 Å². The van der Waals surface area contributed by atoms with Crippen LogP contribution in [0.2, 0.25) is 0 Å². The maximum absolute atomic E-state index is 12.1. The number of nitrogens with one attached hydrogen (secondary N) is 2. The molecule has 0 aliphatic heterocycles. The van der Waals surface area contributed by atoms with Crippen LogP contribution in [0.5, 0.6) is 0 Å². The second-order valence-electron chi connectivity index (χ2n) is 3.80. The number of hydrogen-bond donors (Lipinski definition) is 3. The van der Waals surface area contributed by atoms with E-state index in [1.807, 2.05) is 0 Å². The standard InChI is InChI=1S/C10H10N6O4S/c11-14-10-12-5-9(6-13-10)21(19,20)15-7-2-1-3-8(4-7)16(17)18/h1-6,15H,11H2,(H,12,13,14). The summed E-state index contributed by atoms with van der Waals surface area (Å²) in [5.74, 6) is 5.13. The summed E-state index contributed by atoms with van der Waals surface area (Å²) in [7, 11) is -3.95. The largest absolute Gasteiger partial charge is 0.292 e. The van der Waals surface area contributed by atoms with E-state index in [-0.39, 0.29) is 22.2 Å². The fraction of sp³-hybridized carbons (Fsp3) is 0. The fourth-order valence-corrected chi connectivity index (χ4v) is 2.36. The molecule has 2 aromatic rings. The van der Waals surface area contributed by atoms with Crippen molar-refractivity contribution in [3.05, 3.63) is 46.8 Å². The van der Waals surface area contributed by atoms with Crippen LogP contribution in [0.1, 0.15) is 0 Å². The van der Waals surface area contributed by atoms with Gasteiger partial charge in [0.25, 0.3) is 15.7 Å². The molecule has 1 aromatic heterocycles. The molecule has 0 aliphatic rings. The van der Waals surface area contributed by atoms with Crippen molar-refractivity contribution >= 4 is 27.3 Å². The van der Waals surface area contributed by atoms with Crippen LogP contribution < -0.4 is 16.0 Å². The van der Waals surface area contributed by atoms with Gasteiger partial charge in [-0.2, -0.15) is 0 Å². The molecule has 2 rings (SSSR count). The summed E-state index contributed by atoms with van der Waals surface area (Å²) < 4.78 is 26.3. The van der Waals surface area contributed by atoms with Gasteiger partial charge in [-0.05, 0) is 6.07 Å². The molecule has 10 nitrogen and oxygen atoms in total. The second-order valence-corrected chi connectivity index (χ2v) is 5.48.